The third-order valence-electron chi connectivity index (χ3n) is 3.36. The van der Waals surface area contributed by atoms with Crippen LogP contribution in [0.2, 0.25) is 0 Å². The molecule has 21 heavy (non-hydrogen) atoms. The van der Waals surface area contributed by atoms with Crippen LogP contribution in [0.1, 0.15) is 15.9 Å². The number of rotatable bonds is 2. The quantitative estimate of drug-likeness (QED) is 0.850. The molecule has 1 saturated heterocycles. The Bertz CT molecular complexity index is 537. The third-order valence-corrected chi connectivity index (χ3v) is 3.36. The second-order valence-electron chi connectivity index (χ2n) is 4.81. The van der Waals surface area contributed by atoms with Gasteiger partial charge in [-0.2, -0.15) is 13.2 Å². The van der Waals surface area contributed by atoms with Gasteiger partial charge in [0.15, 0.2) is 0 Å². The minimum absolute atomic E-state index is 0.0149. The largest absolute Gasteiger partial charge is 0.411 e. The zero-order valence-electron chi connectivity index (χ0n) is 11.2. The summed E-state index contributed by atoms with van der Waals surface area (Å²) < 4.78 is 57.7. The average molecular weight is 306 g/mol. The van der Waals surface area contributed by atoms with Crippen LogP contribution in [0, 0.1) is 12.7 Å². The van der Waals surface area contributed by atoms with Gasteiger partial charge in [-0.25, -0.2) is 4.39 Å². The molecule has 0 spiro atoms. The minimum atomic E-state index is -4.49. The summed E-state index contributed by atoms with van der Waals surface area (Å²) >= 11 is 0. The van der Waals surface area contributed by atoms with Crippen molar-refractivity contribution in [1.82, 2.24) is 0 Å². The first-order valence-electron chi connectivity index (χ1n) is 6.23. The Morgan fingerprint density at radius 1 is 1.43 bits per heavy atom. The van der Waals surface area contributed by atoms with Gasteiger partial charge in [0.2, 0.25) is 0 Å². The van der Waals surface area contributed by atoms with E-state index in [4.69, 9.17) is 10.5 Å². The Balaban J connectivity index is 2.43. The third kappa shape index (κ3) is 3.10. The van der Waals surface area contributed by atoms with E-state index in [2.05, 4.69) is 0 Å². The van der Waals surface area contributed by atoms with Crippen molar-refractivity contribution in [2.75, 3.05) is 24.7 Å². The van der Waals surface area contributed by atoms with Crippen LogP contribution in [0.5, 0.6) is 0 Å². The van der Waals surface area contributed by atoms with Gasteiger partial charge in [-0.3, -0.25) is 4.79 Å². The van der Waals surface area contributed by atoms with Gasteiger partial charge in [0.05, 0.1) is 18.8 Å². The summed E-state index contributed by atoms with van der Waals surface area (Å²) in [5.74, 6) is -1.88. The molecular weight excluding hydrogens is 292 g/mol. The summed E-state index contributed by atoms with van der Waals surface area (Å²) in [6, 6.07) is 0.383. The second kappa shape index (κ2) is 5.51. The van der Waals surface area contributed by atoms with Crippen LogP contribution in [0.3, 0.4) is 0 Å². The van der Waals surface area contributed by atoms with Crippen molar-refractivity contribution in [2.45, 2.75) is 19.1 Å². The predicted molar refractivity (Wildman–Crippen MR) is 67.7 cm³/mol. The summed E-state index contributed by atoms with van der Waals surface area (Å²) in [5.41, 5.74) is 4.99. The van der Waals surface area contributed by atoms with E-state index >= 15 is 0 Å². The molecule has 0 radical (unpaired) electrons. The highest BCUT2D eigenvalue weighted by molar-refractivity contribution is 5.95. The Morgan fingerprint density at radius 2 is 2.10 bits per heavy atom. The van der Waals surface area contributed by atoms with E-state index in [1.807, 2.05) is 0 Å². The fourth-order valence-electron chi connectivity index (χ4n) is 2.39. The van der Waals surface area contributed by atoms with Crippen molar-refractivity contribution >= 4 is 11.6 Å². The maximum Gasteiger partial charge on any atom is 0.411 e. The van der Waals surface area contributed by atoms with E-state index in [9.17, 15) is 22.4 Å². The zero-order valence-corrected chi connectivity index (χ0v) is 11.2. The monoisotopic (exact) mass is 306 g/mol. The number of carbonyl (C=O) groups excluding carboxylic acids is 1. The van der Waals surface area contributed by atoms with Gasteiger partial charge in [-0.1, -0.05) is 0 Å². The number of primary amides is 1. The lowest BCUT2D eigenvalue weighted by molar-refractivity contribution is -0.167. The lowest BCUT2D eigenvalue weighted by Gasteiger charge is -2.38. The van der Waals surface area contributed by atoms with Crippen LogP contribution in [-0.4, -0.2) is 37.9 Å². The van der Waals surface area contributed by atoms with Crippen LogP contribution in [0.15, 0.2) is 12.1 Å². The highest BCUT2D eigenvalue weighted by atomic mass is 19.4. The Hall–Kier alpha value is -1.83. The van der Waals surface area contributed by atoms with Crippen molar-refractivity contribution < 1.29 is 27.1 Å². The van der Waals surface area contributed by atoms with Crippen molar-refractivity contribution in [1.29, 1.82) is 0 Å². The maximum absolute atomic E-state index is 13.9. The van der Waals surface area contributed by atoms with Crippen LogP contribution in [-0.2, 0) is 4.74 Å². The van der Waals surface area contributed by atoms with Crippen molar-refractivity contribution in [3.05, 3.63) is 29.1 Å². The molecule has 0 aromatic heterocycles. The van der Waals surface area contributed by atoms with Gasteiger partial charge in [-0.05, 0) is 24.6 Å². The summed E-state index contributed by atoms with van der Waals surface area (Å²) in [7, 11) is 0. The number of hydrogen-bond acceptors (Lipinski definition) is 3. The van der Waals surface area contributed by atoms with E-state index in [1.54, 1.807) is 0 Å². The van der Waals surface area contributed by atoms with Crippen LogP contribution >= 0.6 is 0 Å². The molecule has 116 valence electrons. The van der Waals surface area contributed by atoms with E-state index in [1.165, 1.54) is 13.0 Å². The highest BCUT2D eigenvalue weighted by Crippen LogP contribution is 2.32. The molecule has 2 rings (SSSR count). The van der Waals surface area contributed by atoms with E-state index in [-0.39, 0.29) is 30.0 Å². The molecule has 0 saturated carbocycles. The first kappa shape index (κ1) is 15.6. The molecule has 1 atom stereocenters. The molecule has 2 N–H and O–H groups in total. The first-order chi connectivity index (χ1) is 9.71. The SMILES string of the molecule is Cc1cc(N2CCOC[C@@H]2C(F)(F)F)cc(F)c1C(N)=O. The van der Waals surface area contributed by atoms with Gasteiger partial charge >= 0.3 is 6.18 Å². The van der Waals surface area contributed by atoms with Crippen LogP contribution < -0.4 is 10.6 Å². The smallest absolute Gasteiger partial charge is 0.377 e. The van der Waals surface area contributed by atoms with Gasteiger partial charge in [0.1, 0.15) is 11.9 Å². The number of ether oxygens (including phenoxy) is 1. The van der Waals surface area contributed by atoms with Crippen LogP contribution in [0.4, 0.5) is 23.2 Å². The molecule has 1 aliphatic rings. The number of nitrogens with zero attached hydrogens (tertiary/aromatic N) is 1. The van der Waals surface area contributed by atoms with Crippen LogP contribution in [0.25, 0.3) is 0 Å². The van der Waals surface area contributed by atoms with Crippen molar-refractivity contribution in [2.24, 2.45) is 5.73 Å². The number of hydrogen-bond donors (Lipinski definition) is 1. The number of anilines is 1. The fourth-order valence-corrected chi connectivity index (χ4v) is 2.39. The Labute approximate surface area is 118 Å². The minimum Gasteiger partial charge on any atom is -0.377 e. The summed E-state index contributed by atoms with van der Waals surface area (Å²) in [6.45, 7) is 1.02. The predicted octanol–water partition coefficient (Wildman–Crippen LogP) is 2.00. The molecule has 1 amide bonds. The number of morpholine rings is 1. The molecule has 1 aromatic rings. The topological polar surface area (TPSA) is 55.6 Å². The van der Waals surface area contributed by atoms with E-state index < -0.39 is 30.5 Å². The summed E-state index contributed by atoms with van der Waals surface area (Å²) in [6.07, 6.45) is -4.49. The number of benzene rings is 1. The second-order valence-corrected chi connectivity index (χ2v) is 4.81. The molecule has 4 nitrogen and oxygen atoms in total. The molecule has 1 heterocycles. The van der Waals surface area contributed by atoms with Gasteiger partial charge in [0, 0.05) is 12.2 Å². The molecule has 0 bridgehead atoms. The number of amides is 1. The number of carbonyl (C=O) groups is 1. The van der Waals surface area contributed by atoms with Gasteiger partial charge in [0.25, 0.3) is 5.91 Å². The highest BCUT2D eigenvalue weighted by Gasteiger charge is 2.45. The Morgan fingerprint density at radius 3 is 2.62 bits per heavy atom. The first-order valence-corrected chi connectivity index (χ1v) is 6.23. The summed E-state index contributed by atoms with van der Waals surface area (Å²) in [5, 5.41) is 0. The number of nitrogens with two attached hydrogens (primary N) is 1. The normalized spacial score (nSPS) is 19.7. The number of alkyl halides is 3. The lowest BCUT2D eigenvalue weighted by atomic mass is 10.0. The van der Waals surface area contributed by atoms with Crippen molar-refractivity contribution in [3.8, 4) is 0 Å². The molecule has 1 aliphatic heterocycles. The molecule has 0 aliphatic carbocycles. The maximum atomic E-state index is 13.9. The molecule has 8 heteroatoms. The van der Waals surface area contributed by atoms with Gasteiger partial charge < -0.3 is 15.4 Å². The number of halogens is 4. The molecule has 1 fully saturated rings. The standard InChI is InChI=1S/C13H14F4N2O2/c1-7-4-8(5-9(14)11(7)12(18)20)19-2-3-21-6-10(19)13(15,16)17/h4-5,10H,2-3,6H2,1H3,(H2,18,20)/t10-/m1/s1. The molecule has 1 aromatic carbocycles. The molecule has 0 unspecified atom stereocenters. The van der Waals surface area contributed by atoms with Gasteiger partial charge in [-0.15, -0.1) is 0 Å². The van der Waals surface area contributed by atoms with E-state index in [0.29, 0.717) is 0 Å². The lowest BCUT2D eigenvalue weighted by Crippen LogP contribution is -2.53. The molecular formula is C13H14F4N2O2. The zero-order chi connectivity index (χ0) is 15.8. The van der Waals surface area contributed by atoms with Crippen molar-refractivity contribution in [3.63, 3.8) is 0 Å². The number of aryl methyl sites for hydroxylation is 1. The average Bonchev–Trinajstić information content (AvgIpc) is 2.36. The Kier molecular flexibility index (Phi) is 4.08. The fraction of sp³-hybridized carbons (Fsp3) is 0.462. The van der Waals surface area contributed by atoms with E-state index in [0.717, 1.165) is 11.0 Å². The summed E-state index contributed by atoms with van der Waals surface area (Å²) in [4.78, 5) is 12.2.